The van der Waals surface area contributed by atoms with E-state index in [1.165, 1.54) is 6.42 Å². The van der Waals surface area contributed by atoms with Gasteiger partial charge in [0.05, 0.1) is 0 Å². The van der Waals surface area contributed by atoms with Gasteiger partial charge in [0.25, 0.3) is 0 Å². The second-order valence-corrected chi connectivity index (χ2v) is 4.70. The molecule has 3 nitrogen and oxygen atoms in total. The molecule has 1 amide bonds. The highest BCUT2D eigenvalue weighted by Crippen LogP contribution is 2.18. The maximum Gasteiger partial charge on any atom is 0.415 e. The van der Waals surface area contributed by atoms with Crippen molar-refractivity contribution in [2.45, 2.75) is 26.2 Å². The van der Waals surface area contributed by atoms with Crippen LogP contribution in [-0.4, -0.2) is 24.1 Å². The molecule has 3 heteroatoms. The van der Waals surface area contributed by atoms with Crippen LogP contribution in [0.2, 0.25) is 0 Å². The fourth-order valence-electron chi connectivity index (χ4n) is 2.10. The van der Waals surface area contributed by atoms with E-state index in [1.54, 1.807) is 12.1 Å². The molecular weight excluding hydrogens is 214 g/mol. The fraction of sp³-hybridized carbons (Fsp3) is 0.500. The van der Waals surface area contributed by atoms with Crippen molar-refractivity contribution in [1.29, 1.82) is 0 Å². The molecule has 0 aliphatic carbocycles. The van der Waals surface area contributed by atoms with Crippen molar-refractivity contribution in [2.24, 2.45) is 5.92 Å². The molecule has 0 radical (unpaired) electrons. The van der Waals surface area contributed by atoms with Gasteiger partial charge in [0.2, 0.25) is 0 Å². The summed E-state index contributed by atoms with van der Waals surface area (Å²) in [5.41, 5.74) is 0. The number of likely N-dealkylation sites (tertiary alicyclic amines) is 1. The lowest BCUT2D eigenvalue weighted by molar-refractivity contribution is 0.153. The third-order valence-corrected chi connectivity index (χ3v) is 3.22. The van der Waals surface area contributed by atoms with E-state index in [1.807, 2.05) is 23.1 Å². The summed E-state index contributed by atoms with van der Waals surface area (Å²) in [7, 11) is 0. The highest BCUT2D eigenvalue weighted by molar-refractivity contribution is 5.70. The van der Waals surface area contributed by atoms with Crippen LogP contribution in [0.25, 0.3) is 0 Å². The molecule has 17 heavy (non-hydrogen) atoms. The van der Waals surface area contributed by atoms with Crippen LogP contribution in [0.15, 0.2) is 30.3 Å². The van der Waals surface area contributed by atoms with Gasteiger partial charge in [-0.15, -0.1) is 0 Å². The maximum atomic E-state index is 11.9. The zero-order valence-corrected chi connectivity index (χ0v) is 10.3. The molecule has 0 aromatic heterocycles. The van der Waals surface area contributed by atoms with Crippen LogP contribution in [0, 0.1) is 5.92 Å². The summed E-state index contributed by atoms with van der Waals surface area (Å²) in [4.78, 5) is 13.7. The number of hydrogen-bond acceptors (Lipinski definition) is 2. The van der Waals surface area contributed by atoms with Crippen LogP contribution >= 0.6 is 0 Å². The average Bonchev–Trinajstić information content (AvgIpc) is 2.55. The number of amides is 1. The Bertz CT molecular complexity index is 364. The van der Waals surface area contributed by atoms with Gasteiger partial charge in [-0.3, -0.25) is 0 Å². The number of nitrogens with zero attached hydrogens (tertiary/aromatic N) is 1. The smallest absolute Gasteiger partial charge is 0.410 e. The Hall–Kier alpha value is -1.51. The lowest BCUT2D eigenvalue weighted by Crippen LogP contribution is -2.34. The molecule has 0 saturated carbocycles. The summed E-state index contributed by atoms with van der Waals surface area (Å²) in [5.74, 6) is 1.33. The van der Waals surface area contributed by atoms with Crippen LogP contribution in [0.3, 0.4) is 0 Å². The summed E-state index contributed by atoms with van der Waals surface area (Å²) in [6.45, 7) is 3.87. The highest BCUT2D eigenvalue weighted by Gasteiger charge is 2.19. The van der Waals surface area contributed by atoms with Gasteiger partial charge in [-0.05, 0) is 37.3 Å². The van der Waals surface area contributed by atoms with Crippen molar-refractivity contribution in [3.63, 3.8) is 0 Å². The molecule has 0 N–H and O–H groups in total. The first-order valence-electron chi connectivity index (χ1n) is 6.27. The molecule has 1 aliphatic heterocycles. The summed E-state index contributed by atoms with van der Waals surface area (Å²) >= 11 is 0. The molecule has 1 fully saturated rings. The Kier molecular flexibility index (Phi) is 4.02. The zero-order chi connectivity index (χ0) is 12.1. The molecule has 1 aliphatic rings. The summed E-state index contributed by atoms with van der Waals surface area (Å²) < 4.78 is 5.33. The van der Waals surface area contributed by atoms with E-state index < -0.39 is 0 Å². The molecule has 1 unspecified atom stereocenters. The topological polar surface area (TPSA) is 29.5 Å². The predicted molar refractivity (Wildman–Crippen MR) is 67.1 cm³/mol. The van der Waals surface area contributed by atoms with E-state index in [4.69, 9.17) is 4.74 Å². The van der Waals surface area contributed by atoms with E-state index in [0.29, 0.717) is 11.7 Å². The SMILES string of the molecule is CC1CCCN(C(=O)Oc2ccccc2)CC1. The third-order valence-electron chi connectivity index (χ3n) is 3.22. The Morgan fingerprint density at radius 1 is 1.24 bits per heavy atom. The maximum absolute atomic E-state index is 11.9. The van der Waals surface area contributed by atoms with Crippen LogP contribution in [0.1, 0.15) is 26.2 Å². The Morgan fingerprint density at radius 3 is 2.76 bits per heavy atom. The molecule has 1 aromatic rings. The second-order valence-electron chi connectivity index (χ2n) is 4.70. The summed E-state index contributed by atoms with van der Waals surface area (Å²) in [5, 5.41) is 0. The van der Waals surface area contributed by atoms with E-state index in [9.17, 15) is 4.79 Å². The highest BCUT2D eigenvalue weighted by atomic mass is 16.6. The summed E-state index contributed by atoms with van der Waals surface area (Å²) in [6.07, 6.45) is 3.13. The largest absolute Gasteiger partial charge is 0.415 e. The number of para-hydroxylation sites is 1. The van der Waals surface area contributed by atoms with E-state index in [-0.39, 0.29) is 6.09 Å². The number of benzene rings is 1. The van der Waals surface area contributed by atoms with Crippen LogP contribution in [0.4, 0.5) is 4.79 Å². The first-order valence-corrected chi connectivity index (χ1v) is 6.27. The number of carbonyl (C=O) groups is 1. The number of carbonyl (C=O) groups excluding carboxylic acids is 1. The molecule has 1 atom stereocenters. The number of ether oxygens (including phenoxy) is 1. The quantitative estimate of drug-likeness (QED) is 0.744. The van der Waals surface area contributed by atoms with Gasteiger partial charge >= 0.3 is 6.09 Å². The van der Waals surface area contributed by atoms with E-state index >= 15 is 0 Å². The average molecular weight is 233 g/mol. The molecule has 2 rings (SSSR count). The van der Waals surface area contributed by atoms with Crippen molar-refractivity contribution in [1.82, 2.24) is 4.90 Å². The minimum absolute atomic E-state index is 0.217. The van der Waals surface area contributed by atoms with Crippen molar-refractivity contribution in [2.75, 3.05) is 13.1 Å². The van der Waals surface area contributed by atoms with Gasteiger partial charge in [-0.1, -0.05) is 25.1 Å². The minimum Gasteiger partial charge on any atom is -0.410 e. The van der Waals surface area contributed by atoms with Crippen LogP contribution < -0.4 is 4.74 Å². The molecule has 92 valence electrons. The molecular formula is C14H19NO2. The predicted octanol–water partition coefficient (Wildman–Crippen LogP) is 3.31. The van der Waals surface area contributed by atoms with Crippen LogP contribution in [-0.2, 0) is 0 Å². The Labute approximate surface area is 102 Å². The van der Waals surface area contributed by atoms with Crippen molar-refractivity contribution in [3.8, 4) is 5.75 Å². The van der Waals surface area contributed by atoms with Crippen molar-refractivity contribution < 1.29 is 9.53 Å². The van der Waals surface area contributed by atoms with Crippen molar-refractivity contribution >= 4 is 6.09 Å². The molecule has 0 spiro atoms. The molecule has 1 aromatic carbocycles. The normalized spacial score (nSPS) is 20.8. The molecule has 1 saturated heterocycles. The van der Waals surface area contributed by atoms with Crippen LogP contribution in [0.5, 0.6) is 5.75 Å². The van der Waals surface area contributed by atoms with Gasteiger partial charge in [0, 0.05) is 13.1 Å². The van der Waals surface area contributed by atoms with Gasteiger partial charge < -0.3 is 9.64 Å². The number of hydrogen-bond donors (Lipinski definition) is 0. The van der Waals surface area contributed by atoms with E-state index in [2.05, 4.69) is 6.92 Å². The lowest BCUT2D eigenvalue weighted by Gasteiger charge is -2.19. The Morgan fingerprint density at radius 2 is 2.00 bits per heavy atom. The monoisotopic (exact) mass is 233 g/mol. The first kappa shape index (κ1) is 12.0. The standard InChI is InChI=1S/C14H19NO2/c1-12-6-5-10-15(11-9-12)14(16)17-13-7-3-2-4-8-13/h2-4,7-8,12H,5-6,9-11H2,1H3. The molecule has 0 bridgehead atoms. The fourth-order valence-corrected chi connectivity index (χ4v) is 2.10. The third kappa shape index (κ3) is 3.48. The van der Waals surface area contributed by atoms with Crippen molar-refractivity contribution in [3.05, 3.63) is 30.3 Å². The zero-order valence-electron chi connectivity index (χ0n) is 10.3. The number of rotatable bonds is 1. The minimum atomic E-state index is -0.217. The van der Waals surface area contributed by atoms with Gasteiger partial charge in [0.1, 0.15) is 5.75 Å². The summed E-state index contributed by atoms with van der Waals surface area (Å²) in [6, 6.07) is 9.25. The van der Waals surface area contributed by atoms with Gasteiger partial charge in [-0.25, -0.2) is 4.79 Å². The van der Waals surface area contributed by atoms with Gasteiger partial charge in [-0.2, -0.15) is 0 Å². The second kappa shape index (κ2) is 5.71. The molecule has 1 heterocycles. The Balaban J connectivity index is 1.91. The first-order chi connectivity index (χ1) is 8.25. The van der Waals surface area contributed by atoms with Gasteiger partial charge in [0.15, 0.2) is 0 Å². The van der Waals surface area contributed by atoms with E-state index in [0.717, 1.165) is 25.9 Å². The lowest BCUT2D eigenvalue weighted by atomic mass is 10.0.